The van der Waals surface area contributed by atoms with Crippen LogP contribution in [-0.4, -0.2) is 21.0 Å². The number of carbonyl (C=O) groups is 1. The average Bonchev–Trinajstić information content (AvgIpc) is 3.39. The van der Waals surface area contributed by atoms with Crippen molar-refractivity contribution in [3.05, 3.63) is 27.1 Å². The molecule has 26 heavy (non-hydrogen) atoms. The van der Waals surface area contributed by atoms with Crippen LogP contribution in [0.3, 0.4) is 0 Å². The van der Waals surface area contributed by atoms with Gasteiger partial charge in [0.05, 0.1) is 17.8 Å². The van der Waals surface area contributed by atoms with Gasteiger partial charge < -0.3 is 5.32 Å². The molecule has 2 heterocycles. The van der Waals surface area contributed by atoms with Crippen molar-refractivity contribution in [3.63, 3.8) is 0 Å². The Morgan fingerprint density at radius 1 is 1.50 bits per heavy atom. The van der Waals surface area contributed by atoms with Crippen molar-refractivity contribution < 1.29 is 4.79 Å². The number of thiophene rings is 1. The van der Waals surface area contributed by atoms with E-state index in [1.54, 1.807) is 18.3 Å². The molecule has 136 valence electrons. The smallest absolute Gasteiger partial charge is 0.262 e. The van der Waals surface area contributed by atoms with E-state index in [9.17, 15) is 14.9 Å². The number of hydrogen-bond acceptors (Lipinski definition) is 5. The summed E-state index contributed by atoms with van der Waals surface area (Å²) in [5.41, 5.74) is 0.119. The normalized spacial score (nSPS) is 21.7. The van der Waals surface area contributed by atoms with Gasteiger partial charge in [0.15, 0.2) is 0 Å². The van der Waals surface area contributed by atoms with Crippen LogP contribution in [0.4, 0.5) is 0 Å². The van der Waals surface area contributed by atoms with Crippen LogP contribution in [0.15, 0.2) is 11.1 Å². The fourth-order valence-electron chi connectivity index (χ4n) is 3.84. The van der Waals surface area contributed by atoms with Gasteiger partial charge in [0.2, 0.25) is 5.91 Å². The van der Waals surface area contributed by atoms with E-state index in [1.165, 1.54) is 15.8 Å². The molecule has 0 aromatic carbocycles. The first-order valence-corrected chi connectivity index (χ1v) is 9.95. The summed E-state index contributed by atoms with van der Waals surface area (Å²) in [6.07, 6.45) is 6.34. The van der Waals surface area contributed by atoms with Crippen molar-refractivity contribution in [2.45, 2.75) is 58.0 Å². The first-order valence-electron chi connectivity index (χ1n) is 9.13. The van der Waals surface area contributed by atoms with Crippen molar-refractivity contribution >= 4 is 27.5 Å². The van der Waals surface area contributed by atoms with Crippen molar-refractivity contribution in [3.8, 4) is 6.07 Å². The summed E-state index contributed by atoms with van der Waals surface area (Å²) in [4.78, 5) is 31.8. The predicted octanol–water partition coefficient (Wildman–Crippen LogP) is 2.39. The van der Waals surface area contributed by atoms with E-state index in [1.807, 2.05) is 0 Å². The van der Waals surface area contributed by atoms with Crippen LogP contribution in [0.1, 0.15) is 43.6 Å². The molecule has 0 unspecified atom stereocenters. The third-order valence-electron chi connectivity index (χ3n) is 5.62. The van der Waals surface area contributed by atoms with Gasteiger partial charge >= 0.3 is 0 Å². The topological polar surface area (TPSA) is 87.8 Å². The molecular weight excluding hydrogens is 348 g/mol. The van der Waals surface area contributed by atoms with Crippen LogP contribution >= 0.6 is 11.3 Å². The maximum absolute atomic E-state index is 12.9. The van der Waals surface area contributed by atoms with E-state index in [4.69, 9.17) is 0 Å². The molecule has 7 heteroatoms. The molecular formula is C19H22N4O2S. The number of aryl methyl sites for hydroxylation is 1. The maximum Gasteiger partial charge on any atom is 0.262 e. The number of nitriles is 1. The van der Waals surface area contributed by atoms with E-state index in [0.717, 1.165) is 42.5 Å². The van der Waals surface area contributed by atoms with Gasteiger partial charge in [-0.2, -0.15) is 5.26 Å². The Hall–Kier alpha value is -2.20. The maximum atomic E-state index is 12.9. The van der Waals surface area contributed by atoms with E-state index < -0.39 is 5.54 Å². The summed E-state index contributed by atoms with van der Waals surface area (Å²) in [6.45, 7) is 3.88. The zero-order valence-electron chi connectivity index (χ0n) is 15.0. The molecule has 2 aliphatic rings. The summed E-state index contributed by atoms with van der Waals surface area (Å²) < 4.78 is 1.37. The number of nitrogens with zero attached hydrogens (tertiary/aromatic N) is 3. The Morgan fingerprint density at radius 3 is 2.96 bits per heavy atom. The second kappa shape index (κ2) is 6.20. The van der Waals surface area contributed by atoms with Crippen molar-refractivity contribution in [1.82, 2.24) is 14.9 Å². The predicted molar refractivity (Wildman–Crippen MR) is 100.0 cm³/mol. The lowest BCUT2D eigenvalue weighted by Gasteiger charge is -2.23. The SMILES string of the molecule is C[C@H]1CCc2c(sc3ncn(CC(=O)N[C@](C)(C#N)C4CC4)c(=O)c23)C1. The number of aromatic nitrogens is 2. The quantitative estimate of drug-likeness (QED) is 0.895. The standard InChI is InChI=1S/C19H22N4O2S/c1-11-3-6-13-14(7-11)26-17-16(13)18(25)23(10-21-17)8-15(24)22-19(2,9-20)12-4-5-12/h10-12H,3-8H2,1-2H3,(H,22,24)/t11-,19+/m0/s1. The number of nitrogens with one attached hydrogen (secondary N) is 1. The lowest BCUT2D eigenvalue weighted by Crippen LogP contribution is -2.48. The summed E-state index contributed by atoms with van der Waals surface area (Å²) in [5.74, 6) is 0.524. The van der Waals surface area contributed by atoms with E-state index in [0.29, 0.717) is 11.3 Å². The van der Waals surface area contributed by atoms with E-state index >= 15 is 0 Å². The number of fused-ring (bicyclic) bond motifs is 3. The van der Waals surface area contributed by atoms with Crippen LogP contribution in [0.5, 0.6) is 0 Å². The van der Waals surface area contributed by atoms with Gasteiger partial charge in [-0.15, -0.1) is 11.3 Å². The molecule has 1 amide bonds. The largest absolute Gasteiger partial charge is 0.336 e. The number of rotatable bonds is 4. The fraction of sp³-hybridized carbons (Fsp3) is 0.579. The molecule has 0 saturated heterocycles. The second-order valence-corrected chi connectivity index (χ2v) is 8.93. The minimum atomic E-state index is -0.851. The fourth-order valence-corrected chi connectivity index (χ4v) is 5.19. The van der Waals surface area contributed by atoms with Crippen molar-refractivity contribution in [2.24, 2.45) is 11.8 Å². The summed E-state index contributed by atoms with van der Waals surface area (Å²) in [7, 11) is 0. The van der Waals surface area contributed by atoms with Crippen LogP contribution in [0, 0.1) is 23.2 Å². The Kier molecular flexibility index (Phi) is 4.11. The molecule has 1 fully saturated rings. The third-order valence-corrected chi connectivity index (χ3v) is 6.78. The van der Waals surface area contributed by atoms with Crippen LogP contribution in [-0.2, 0) is 24.2 Å². The molecule has 6 nitrogen and oxygen atoms in total. The number of hydrogen-bond donors (Lipinski definition) is 1. The molecule has 1 saturated carbocycles. The first kappa shape index (κ1) is 17.2. The van der Waals surface area contributed by atoms with E-state index in [-0.39, 0.29) is 23.9 Å². The van der Waals surface area contributed by atoms with Gasteiger partial charge in [-0.1, -0.05) is 6.92 Å². The molecule has 0 radical (unpaired) electrons. The Balaban J connectivity index is 1.61. The molecule has 2 aromatic heterocycles. The average molecular weight is 370 g/mol. The monoisotopic (exact) mass is 370 g/mol. The Morgan fingerprint density at radius 2 is 2.27 bits per heavy atom. The highest BCUT2D eigenvalue weighted by Gasteiger charge is 2.43. The molecule has 0 bridgehead atoms. The zero-order chi connectivity index (χ0) is 18.5. The zero-order valence-corrected chi connectivity index (χ0v) is 15.9. The third kappa shape index (κ3) is 2.92. The highest BCUT2D eigenvalue weighted by atomic mass is 32.1. The summed E-state index contributed by atoms with van der Waals surface area (Å²) in [6, 6.07) is 2.21. The van der Waals surface area contributed by atoms with Gasteiger partial charge in [0.1, 0.15) is 16.9 Å². The molecule has 2 aromatic rings. The van der Waals surface area contributed by atoms with Crippen LogP contribution in [0.25, 0.3) is 10.2 Å². The number of carbonyl (C=O) groups excluding carboxylic acids is 1. The van der Waals surface area contributed by atoms with Gasteiger partial charge in [-0.3, -0.25) is 14.2 Å². The Bertz CT molecular complexity index is 982. The molecule has 2 atom stereocenters. The van der Waals surface area contributed by atoms with Crippen molar-refractivity contribution in [2.75, 3.05) is 0 Å². The van der Waals surface area contributed by atoms with Gasteiger partial charge in [0.25, 0.3) is 5.56 Å². The number of amides is 1. The van der Waals surface area contributed by atoms with Gasteiger partial charge in [-0.05, 0) is 56.4 Å². The minimum absolute atomic E-state index is 0.104. The second-order valence-electron chi connectivity index (χ2n) is 7.85. The molecule has 4 rings (SSSR count). The summed E-state index contributed by atoms with van der Waals surface area (Å²) >= 11 is 1.60. The Labute approximate surface area is 155 Å². The lowest BCUT2D eigenvalue weighted by atomic mass is 9.89. The molecule has 0 aliphatic heterocycles. The van der Waals surface area contributed by atoms with E-state index in [2.05, 4.69) is 23.3 Å². The highest BCUT2D eigenvalue weighted by Crippen LogP contribution is 2.39. The highest BCUT2D eigenvalue weighted by molar-refractivity contribution is 7.18. The lowest BCUT2D eigenvalue weighted by molar-refractivity contribution is -0.123. The molecule has 2 aliphatic carbocycles. The van der Waals surface area contributed by atoms with Crippen molar-refractivity contribution in [1.29, 1.82) is 5.26 Å². The first-order chi connectivity index (χ1) is 12.4. The van der Waals surface area contributed by atoms with Gasteiger partial charge in [-0.25, -0.2) is 4.98 Å². The van der Waals surface area contributed by atoms with Crippen LogP contribution in [0.2, 0.25) is 0 Å². The molecule has 1 N–H and O–H groups in total. The minimum Gasteiger partial charge on any atom is -0.336 e. The molecule has 0 spiro atoms. The summed E-state index contributed by atoms with van der Waals surface area (Å²) in [5, 5.41) is 12.9. The van der Waals surface area contributed by atoms with Gasteiger partial charge in [0, 0.05) is 4.88 Å². The van der Waals surface area contributed by atoms with Crippen LogP contribution < -0.4 is 10.9 Å².